The third-order valence-corrected chi connectivity index (χ3v) is 12.6. The van der Waals surface area contributed by atoms with E-state index < -0.39 is 0 Å². The summed E-state index contributed by atoms with van der Waals surface area (Å²) in [5.41, 5.74) is 14.1. The molecule has 0 spiro atoms. The van der Waals surface area contributed by atoms with Gasteiger partial charge < -0.3 is 9.47 Å². The lowest BCUT2D eigenvalue weighted by atomic mass is 9.94. The molecule has 2 heteroatoms. The summed E-state index contributed by atoms with van der Waals surface area (Å²) in [6, 6.07) is 88.5. The van der Waals surface area contributed by atoms with Crippen LogP contribution in [0.2, 0.25) is 0 Å². The molecule has 12 aromatic rings. The topological polar surface area (TPSA) is 8.17 Å². The van der Waals surface area contributed by atoms with Crippen LogP contribution in [0.15, 0.2) is 243 Å². The highest BCUT2D eigenvalue weighted by Crippen LogP contribution is 2.44. The molecule has 11 aromatic carbocycles. The van der Waals surface area contributed by atoms with E-state index in [2.05, 4.69) is 252 Å². The molecule has 0 aliphatic carbocycles. The minimum atomic E-state index is 1.09. The van der Waals surface area contributed by atoms with Crippen molar-refractivity contribution in [3.05, 3.63) is 243 Å². The first kappa shape index (κ1) is 35.7. The number of aromatic nitrogens is 1. The molecule has 290 valence electrons. The summed E-state index contributed by atoms with van der Waals surface area (Å²) in [4.78, 5) is 2.41. The van der Waals surface area contributed by atoms with Crippen molar-refractivity contribution in [2.75, 3.05) is 4.90 Å². The summed E-state index contributed by atoms with van der Waals surface area (Å²) in [6.45, 7) is 0. The lowest BCUT2D eigenvalue weighted by Crippen LogP contribution is -2.10. The number of benzene rings is 11. The second kappa shape index (κ2) is 14.8. The molecule has 0 bridgehead atoms. The van der Waals surface area contributed by atoms with Crippen molar-refractivity contribution >= 4 is 71.2 Å². The number of anilines is 3. The highest BCUT2D eigenvalue weighted by Gasteiger charge is 2.20. The van der Waals surface area contributed by atoms with Crippen LogP contribution in [-0.2, 0) is 0 Å². The van der Waals surface area contributed by atoms with Crippen molar-refractivity contribution in [1.82, 2.24) is 4.57 Å². The van der Waals surface area contributed by atoms with Gasteiger partial charge in [0.2, 0.25) is 0 Å². The number of nitrogens with zero attached hydrogens (tertiary/aromatic N) is 2. The van der Waals surface area contributed by atoms with Gasteiger partial charge >= 0.3 is 0 Å². The second-order valence-corrected chi connectivity index (χ2v) is 16.1. The average Bonchev–Trinajstić information content (AvgIpc) is 3.69. The van der Waals surface area contributed by atoms with Crippen molar-refractivity contribution in [2.45, 2.75) is 0 Å². The Morgan fingerprint density at radius 3 is 1.65 bits per heavy atom. The van der Waals surface area contributed by atoms with Crippen LogP contribution < -0.4 is 4.90 Å². The normalized spacial score (nSPS) is 11.5. The summed E-state index contributed by atoms with van der Waals surface area (Å²) in [5.74, 6) is 0. The van der Waals surface area contributed by atoms with Crippen molar-refractivity contribution in [3.63, 3.8) is 0 Å². The van der Waals surface area contributed by atoms with Crippen LogP contribution >= 0.6 is 0 Å². The molecule has 0 saturated carbocycles. The molecule has 1 aromatic heterocycles. The summed E-state index contributed by atoms with van der Waals surface area (Å²) in [6.07, 6.45) is 0. The Morgan fingerprint density at radius 1 is 0.290 bits per heavy atom. The van der Waals surface area contributed by atoms with Gasteiger partial charge in [0.15, 0.2) is 0 Å². The van der Waals surface area contributed by atoms with E-state index in [1.807, 2.05) is 0 Å². The zero-order chi connectivity index (χ0) is 41.0. The number of para-hydroxylation sites is 2. The molecular formula is C60H40N2. The quantitative estimate of drug-likeness (QED) is 0.156. The van der Waals surface area contributed by atoms with Gasteiger partial charge in [0.05, 0.1) is 22.4 Å². The second-order valence-electron chi connectivity index (χ2n) is 16.1. The largest absolute Gasteiger partial charge is 0.310 e. The lowest BCUT2D eigenvalue weighted by molar-refractivity contribution is 1.19. The van der Waals surface area contributed by atoms with E-state index in [1.54, 1.807) is 0 Å². The van der Waals surface area contributed by atoms with Gasteiger partial charge in [-0.25, -0.2) is 0 Å². The monoisotopic (exact) mass is 788 g/mol. The molecule has 0 saturated heterocycles. The summed E-state index contributed by atoms with van der Waals surface area (Å²) in [5, 5.41) is 9.90. The third-order valence-electron chi connectivity index (χ3n) is 12.6. The number of hydrogen-bond acceptors (Lipinski definition) is 1. The Kier molecular flexibility index (Phi) is 8.53. The maximum atomic E-state index is 2.47. The van der Waals surface area contributed by atoms with E-state index in [9.17, 15) is 0 Å². The van der Waals surface area contributed by atoms with Crippen LogP contribution in [0.3, 0.4) is 0 Å². The third kappa shape index (κ3) is 5.96. The number of hydrogen-bond donors (Lipinski definition) is 0. The molecule has 0 N–H and O–H groups in total. The first-order chi connectivity index (χ1) is 30.8. The van der Waals surface area contributed by atoms with E-state index in [0.717, 1.165) is 28.3 Å². The molecule has 0 atom stereocenters. The summed E-state index contributed by atoms with van der Waals surface area (Å²) < 4.78 is 2.47. The fourth-order valence-corrected chi connectivity index (χ4v) is 9.63. The zero-order valence-corrected chi connectivity index (χ0v) is 34.0. The van der Waals surface area contributed by atoms with E-state index >= 15 is 0 Å². The molecule has 0 aliphatic rings. The van der Waals surface area contributed by atoms with E-state index in [1.165, 1.54) is 81.9 Å². The van der Waals surface area contributed by atoms with Crippen LogP contribution in [0.25, 0.3) is 93.2 Å². The van der Waals surface area contributed by atoms with E-state index in [0.29, 0.717) is 0 Å². The van der Waals surface area contributed by atoms with E-state index in [-0.39, 0.29) is 0 Å². The predicted octanol–water partition coefficient (Wildman–Crippen LogP) is 16.7. The van der Waals surface area contributed by atoms with Gasteiger partial charge in [-0.1, -0.05) is 194 Å². The Balaban J connectivity index is 1.01. The fraction of sp³-hybridized carbons (Fsp3) is 0. The maximum Gasteiger partial charge on any atom is 0.0619 e. The van der Waals surface area contributed by atoms with Gasteiger partial charge in [0, 0.05) is 38.5 Å². The number of fused-ring (bicyclic) bond motifs is 7. The predicted molar refractivity (Wildman–Crippen MR) is 264 cm³/mol. The minimum Gasteiger partial charge on any atom is -0.310 e. The number of rotatable bonds is 7. The van der Waals surface area contributed by atoms with Crippen LogP contribution in [0, 0.1) is 0 Å². The van der Waals surface area contributed by atoms with Crippen LogP contribution in [-0.4, -0.2) is 4.57 Å². The first-order valence-corrected chi connectivity index (χ1v) is 21.3. The van der Waals surface area contributed by atoms with Gasteiger partial charge in [-0.05, 0) is 97.9 Å². The molecule has 2 nitrogen and oxygen atoms in total. The summed E-state index contributed by atoms with van der Waals surface area (Å²) in [7, 11) is 0. The molecule has 0 radical (unpaired) electrons. The molecule has 0 amide bonds. The highest BCUT2D eigenvalue weighted by atomic mass is 15.1. The lowest BCUT2D eigenvalue weighted by Gasteiger charge is -2.28. The van der Waals surface area contributed by atoms with Gasteiger partial charge in [0.1, 0.15) is 0 Å². The molecular weight excluding hydrogens is 749 g/mol. The van der Waals surface area contributed by atoms with Crippen LogP contribution in [0.1, 0.15) is 0 Å². The Labute approximate surface area is 360 Å². The standard InChI is InChI=1S/C60H40N2/c1-2-14-41(15-3-1)43-28-33-48(34-29-43)61(59-39-38-50(53-21-8-9-22-54(53)59)47-27-26-42-16-4-5-18-46(42)40-47)49-35-30-45(31-36-49)51-19-10-12-24-57(51)62-58-25-13-11-23-55(58)56-37-32-44-17-6-7-20-52(44)60(56)62/h1-40H. The Morgan fingerprint density at radius 2 is 0.855 bits per heavy atom. The molecule has 0 aliphatic heterocycles. The van der Waals surface area contributed by atoms with Gasteiger partial charge in [-0.3, -0.25) is 0 Å². The highest BCUT2D eigenvalue weighted by molar-refractivity contribution is 6.19. The van der Waals surface area contributed by atoms with E-state index in [4.69, 9.17) is 0 Å². The van der Waals surface area contributed by atoms with Crippen LogP contribution in [0.5, 0.6) is 0 Å². The fourth-order valence-electron chi connectivity index (χ4n) is 9.63. The minimum absolute atomic E-state index is 1.09. The van der Waals surface area contributed by atoms with Crippen molar-refractivity contribution in [3.8, 4) is 39.1 Å². The van der Waals surface area contributed by atoms with Crippen molar-refractivity contribution < 1.29 is 0 Å². The smallest absolute Gasteiger partial charge is 0.0619 e. The van der Waals surface area contributed by atoms with Gasteiger partial charge in [-0.2, -0.15) is 0 Å². The Bertz CT molecular complexity index is 3620. The first-order valence-electron chi connectivity index (χ1n) is 21.3. The Hall–Kier alpha value is -8.20. The molecule has 12 rings (SSSR count). The molecule has 0 fully saturated rings. The molecule has 62 heavy (non-hydrogen) atoms. The van der Waals surface area contributed by atoms with Gasteiger partial charge in [-0.15, -0.1) is 0 Å². The zero-order valence-electron chi connectivity index (χ0n) is 34.0. The average molecular weight is 789 g/mol. The van der Waals surface area contributed by atoms with Crippen molar-refractivity contribution in [2.24, 2.45) is 0 Å². The van der Waals surface area contributed by atoms with Crippen LogP contribution in [0.4, 0.5) is 17.1 Å². The molecule has 0 unspecified atom stereocenters. The SMILES string of the molecule is c1ccc(-c2ccc(N(c3ccc(-c4ccccc4-n4c5ccccc5c5ccc6ccccc6c54)cc3)c3ccc(-c4ccc5ccccc5c4)c4ccccc34)cc2)cc1. The summed E-state index contributed by atoms with van der Waals surface area (Å²) >= 11 is 0. The molecule has 1 heterocycles. The maximum absolute atomic E-state index is 2.47. The van der Waals surface area contributed by atoms with Crippen molar-refractivity contribution in [1.29, 1.82) is 0 Å². The van der Waals surface area contributed by atoms with Gasteiger partial charge in [0.25, 0.3) is 0 Å².